The summed E-state index contributed by atoms with van der Waals surface area (Å²) in [5.74, 6) is 0. The molecule has 2 aromatic carbocycles. The van der Waals surface area contributed by atoms with E-state index in [4.69, 9.17) is 9.88 Å². The lowest BCUT2D eigenvalue weighted by molar-refractivity contribution is 0.0289. The molecule has 29 heavy (non-hydrogen) atoms. The van der Waals surface area contributed by atoms with Crippen LogP contribution in [0.5, 0.6) is 0 Å². The van der Waals surface area contributed by atoms with E-state index in [-0.39, 0.29) is 23.4 Å². The highest BCUT2D eigenvalue weighted by atomic mass is 35.5. The molecule has 1 atom stereocenters. The summed E-state index contributed by atoms with van der Waals surface area (Å²) in [6.07, 6.45) is 2.23. The highest BCUT2D eigenvalue weighted by Gasteiger charge is 2.23. The molecule has 0 radical (unpaired) electrons. The molecule has 2 aliphatic heterocycles. The second kappa shape index (κ2) is 9.45. The summed E-state index contributed by atoms with van der Waals surface area (Å²) in [7, 11) is -3.64. The molecular formula is C21H28ClN3O3S. The van der Waals surface area contributed by atoms with Crippen molar-refractivity contribution in [1.82, 2.24) is 4.90 Å². The van der Waals surface area contributed by atoms with E-state index in [2.05, 4.69) is 34.1 Å². The van der Waals surface area contributed by atoms with E-state index >= 15 is 0 Å². The average molecular weight is 438 g/mol. The van der Waals surface area contributed by atoms with Gasteiger partial charge in [-0.05, 0) is 48.2 Å². The second-order valence-corrected chi connectivity index (χ2v) is 9.03. The monoisotopic (exact) mass is 437 g/mol. The van der Waals surface area contributed by atoms with E-state index in [0.29, 0.717) is 0 Å². The van der Waals surface area contributed by atoms with Crippen LogP contribution in [0, 0.1) is 0 Å². The third kappa shape index (κ3) is 5.29. The number of ether oxygens (including phenoxy) is 1. The summed E-state index contributed by atoms with van der Waals surface area (Å²) in [6.45, 7) is 5.67. The van der Waals surface area contributed by atoms with E-state index < -0.39 is 10.0 Å². The fraction of sp³-hybridized carbons (Fsp3) is 0.429. The minimum Gasteiger partial charge on any atom is -0.373 e. The lowest BCUT2D eigenvalue weighted by Crippen LogP contribution is -2.47. The molecule has 0 saturated carbocycles. The molecule has 0 spiro atoms. The van der Waals surface area contributed by atoms with Crippen LogP contribution in [0.2, 0.25) is 0 Å². The van der Waals surface area contributed by atoms with E-state index in [1.807, 2.05) is 12.1 Å². The Bertz CT molecular complexity index is 913. The van der Waals surface area contributed by atoms with Crippen molar-refractivity contribution in [2.75, 3.05) is 44.2 Å². The van der Waals surface area contributed by atoms with Crippen molar-refractivity contribution in [1.29, 1.82) is 0 Å². The van der Waals surface area contributed by atoms with Crippen LogP contribution in [-0.4, -0.2) is 52.6 Å². The van der Waals surface area contributed by atoms with Crippen LogP contribution in [-0.2, 0) is 21.2 Å². The standard InChI is InChI=1S/C21H27N3O3S.ClH/c22-28(25,26)19-7-5-18(6-8-19)24-14-12-23(13-15-24)11-9-21-20-4-2-1-3-17(20)10-16-27-21;/h1-8,21H,9-16H2,(H2,22,25,26);1H/t21-;/m0./s1. The summed E-state index contributed by atoms with van der Waals surface area (Å²) in [4.78, 5) is 4.92. The third-order valence-corrected chi connectivity index (χ3v) is 6.63. The van der Waals surface area contributed by atoms with Crippen molar-refractivity contribution < 1.29 is 13.2 Å². The molecule has 2 N–H and O–H groups in total. The molecule has 0 bridgehead atoms. The smallest absolute Gasteiger partial charge is 0.238 e. The van der Waals surface area contributed by atoms with E-state index in [1.165, 1.54) is 11.1 Å². The number of halogens is 1. The number of hydrogen-bond donors (Lipinski definition) is 1. The van der Waals surface area contributed by atoms with Crippen LogP contribution in [0.3, 0.4) is 0 Å². The van der Waals surface area contributed by atoms with Gasteiger partial charge in [0.25, 0.3) is 0 Å². The fourth-order valence-electron chi connectivity index (χ4n) is 4.09. The third-order valence-electron chi connectivity index (χ3n) is 5.70. The number of hydrogen-bond acceptors (Lipinski definition) is 5. The zero-order valence-electron chi connectivity index (χ0n) is 16.4. The summed E-state index contributed by atoms with van der Waals surface area (Å²) in [5.41, 5.74) is 3.81. The fourth-order valence-corrected chi connectivity index (χ4v) is 4.61. The van der Waals surface area contributed by atoms with Crippen molar-refractivity contribution in [3.63, 3.8) is 0 Å². The lowest BCUT2D eigenvalue weighted by Gasteiger charge is -2.37. The molecule has 2 aliphatic rings. The minimum atomic E-state index is -3.64. The van der Waals surface area contributed by atoms with Crippen molar-refractivity contribution in [2.24, 2.45) is 5.14 Å². The molecule has 158 valence electrons. The van der Waals surface area contributed by atoms with Crippen molar-refractivity contribution in [3.05, 3.63) is 59.7 Å². The first-order valence-electron chi connectivity index (χ1n) is 9.80. The molecule has 0 aliphatic carbocycles. The van der Waals surface area contributed by atoms with Gasteiger partial charge >= 0.3 is 0 Å². The first-order valence-corrected chi connectivity index (χ1v) is 11.3. The van der Waals surface area contributed by atoms with Gasteiger partial charge in [-0.3, -0.25) is 4.90 Å². The average Bonchev–Trinajstić information content (AvgIpc) is 2.72. The number of nitrogens with zero attached hydrogens (tertiary/aromatic N) is 2. The number of anilines is 1. The van der Waals surface area contributed by atoms with Crippen molar-refractivity contribution >= 4 is 28.1 Å². The zero-order valence-corrected chi connectivity index (χ0v) is 18.0. The van der Waals surface area contributed by atoms with Crippen molar-refractivity contribution in [3.8, 4) is 0 Å². The SMILES string of the molecule is Cl.NS(=O)(=O)c1ccc(N2CCN(CC[C@@H]3OCCc4ccccc43)CC2)cc1. The first kappa shape index (κ1) is 22.1. The molecule has 0 unspecified atom stereocenters. The highest BCUT2D eigenvalue weighted by Crippen LogP contribution is 2.29. The van der Waals surface area contributed by atoms with Crippen LogP contribution in [0.4, 0.5) is 5.69 Å². The quantitative estimate of drug-likeness (QED) is 0.778. The van der Waals surface area contributed by atoms with Gasteiger partial charge in [0.1, 0.15) is 0 Å². The van der Waals surface area contributed by atoms with E-state index in [1.54, 1.807) is 12.1 Å². The van der Waals surface area contributed by atoms with Crippen molar-refractivity contribution in [2.45, 2.75) is 23.8 Å². The van der Waals surface area contributed by atoms with Gasteiger partial charge in [-0.25, -0.2) is 13.6 Å². The van der Waals surface area contributed by atoms with Crippen LogP contribution in [0.25, 0.3) is 0 Å². The lowest BCUT2D eigenvalue weighted by atomic mass is 9.95. The highest BCUT2D eigenvalue weighted by molar-refractivity contribution is 7.89. The maximum atomic E-state index is 11.4. The second-order valence-electron chi connectivity index (χ2n) is 7.46. The van der Waals surface area contributed by atoms with Crippen LogP contribution >= 0.6 is 12.4 Å². The van der Waals surface area contributed by atoms with Gasteiger partial charge in [0.05, 0.1) is 17.6 Å². The summed E-state index contributed by atoms with van der Waals surface area (Å²) < 4.78 is 28.8. The number of rotatable bonds is 5. The predicted octanol–water partition coefficient (Wildman–Crippen LogP) is 2.58. The molecule has 0 amide bonds. The molecular weight excluding hydrogens is 410 g/mol. The van der Waals surface area contributed by atoms with Gasteiger partial charge < -0.3 is 9.64 Å². The van der Waals surface area contributed by atoms with Gasteiger partial charge in [-0.2, -0.15) is 0 Å². The molecule has 1 saturated heterocycles. The normalized spacial score (nSPS) is 20.0. The maximum Gasteiger partial charge on any atom is 0.238 e. The van der Waals surface area contributed by atoms with E-state index in [9.17, 15) is 8.42 Å². The maximum absolute atomic E-state index is 11.4. The van der Waals surface area contributed by atoms with Crippen LogP contribution in [0.15, 0.2) is 53.4 Å². The van der Waals surface area contributed by atoms with Crippen LogP contribution in [0.1, 0.15) is 23.7 Å². The Labute approximate surface area is 179 Å². The molecule has 4 rings (SSSR count). The molecule has 1 fully saturated rings. The Hall–Kier alpha value is -1.64. The Morgan fingerprint density at radius 3 is 2.38 bits per heavy atom. The molecule has 2 aromatic rings. The summed E-state index contributed by atoms with van der Waals surface area (Å²) >= 11 is 0. The number of fused-ring (bicyclic) bond motifs is 1. The minimum absolute atomic E-state index is 0. The molecule has 0 aromatic heterocycles. The van der Waals surface area contributed by atoms with Gasteiger partial charge in [0, 0.05) is 38.4 Å². The Morgan fingerprint density at radius 2 is 1.69 bits per heavy atom. The van der Waals surface area contributed by atoms with Gasteiger partial charge in [-0.1, -0.05) is 24.3 Å². The topological polar surface area (TPSA) is 75.9 Å². The summed E-state index contributed by atoms with van der Waals surface area (Å²) in [5, 5.41) is 5.17. The van der Waals surface area contributed by atoms with Gasteiger partial charge in [0.2, 0.25) is 10.0 Å². The number of benzene rings is 2. The number of sulfonamides is 1. The predicted molar refractivity (Wildman–Crippen MR) is 117 cm³/mol. The zero-order chi connectivity index (χ0) is 19.6. The first-order chi connectivity index (χ1) is 13.5. The summed E-state index contributed by atoms with van der Waals surface area (Å²) in [6, 6.07) is 15.4. The number of nitrogens with two attached hydrogens (primary N) is 1. The molecule has 6 nitrogen and oxygen atoms in total. The molecule has 2 heterocycles. The Morgan fingerprint density at radius 1 is 1.00 bits per heavy atom. The number of piperazine rings is 1. The van der Waals surface area contributed by atoms with E-state index in [0.717, 1.165) is 57.9 Å². The largest absolute Gasteiger partial charge is 0.373 e. The Kier molecular flexibility index (Phi) is 7.19. The number of primary sulfonamides is 1. The molecule has 8 heteroatoms. The van der Waals surface area contributed by atoms with Gasteiger partial charge in [0.15, 0.2) is 0 Å². The Balaban J connectivity index is 0.00000240. The van der Waals surface area contributed by atoms with Gasteiger partial charge in [-0.15, -0.1) is 12.4 Å². The van der Waals surface area contributed by atoms with Crippen LogP contribution < -0.4 is 10.0 Å².